The van der Waals surface area contributed by atoms with Gasteiger partial charge in [0.1, 0.15) is 5.75 Å². The molecule has 0 heterocycles. The molecule has 0 saturated heterocycles. The number of carbonyl (C=O) groups is 1. The molecule has 0 aliphatic carbocycles. The lowest BCUT2D eigenvalue weighted by molar-refractivity contribution is -0.129. The third-order valence-corrected chi connectivity index (χ3v) is 3.17. The van der Waals surface area contributed by atoms with Gasteiger partial charge in [0, 0.05) is 26.6 Å². The van der Waals surface area contributed by atoms with Gasteiger partial charge in [-0.05, 0) is 44.5 Å². The molecule has 0 radical (unpaired) electrons. The number of hydrogen-bond donors (Lipinski definition) is 1. The van der Waals surface area contributed by atoms with Crippen molar-refractivity contribution in [3.8, 4) is 5.75 Å². The van der Waals surface area contributed by atoms with Crippen LogP contribution in [0.5, 0.6) is 5.75 Å². The number of amides is 1. The first-order chi connectivity index (χ1) is 9.63. The van der Waals surface area contributed by atoms with Crippen LogP contribution in [0, 0.1) is 6.92 Å². The molecule has 1 N–H and O–H groups in total. The Morgan fingerprint density at radius 1 is 1.33 bits per heavy atom. The van der Waals surface area contributed by atoms with Crippen LogP contribution in [-0.4, -0.2) is 44.6 Å². The molecule has 21 heavy (non-hydrogen) atoms. The summed E-state index contributed by atoms with van der Waals surface area (Å²) in [5.74, 6) is 1.11. The van der Waals surface area contributed by atoms with E-state index in [0.717, 1.165) is 31.7 Å². The molecule has 1 rings (SSSR count). The molecular weight excluding hydrogens is 288 g/mol. The first-order valence-electron chi connectivity index (χ1n) is 7.21. The van der Waals surface area contributed by atoms with Crippen LogP contribution in [0.4, 0.5) is 0 Å². The van der Waals surface area contributed by atoms with E-state index in [0.29, 0.717) is 13.0 Å². The summed E-state index contributed by atoms with van der Waals surface area (Å²) in [7, 11) is 3.74. The largest absolute Gasteiger partial charge is 0.494 e. The van der Waals surface area contributed by atoms with Crippen LogP contribution < -0.4 is 10.1 Å². The lowest BCUT2D eigenvalue weighted by Crippen LogP contribution is -2.32. The second kappa shape index (κ2) is 11.4. The summed E-state index contributed by atoms with van der Waals surface area (Å²) in [6.45, 7) is 4.30. The Kier molecular flexibility index (Phi) is 10.7. The van der Waals surface area contributed by atoms with E-state index in [1.54, 1.807) is 4.90 Å². The molecule has 0 spiro atoms. The number of rotatable bonds is 9. The van der Waals surface area contributed by atoms with Gasteiger partial charge in [-0.3, -0.25) is 4.79 Å². The van der Waals surface area contributed by atoms with Crippen molar-refractivity contribution in [1.29, 1.82) is 0 Å². The monoisotopic (exact) mass is 314 g/mol. The summed E-state index contributed by atoms with van der Waals surface area (Å²) in [6, 6.07) is 8.03. The smallest absolute Gasteiger partial charge is 0.222 e. The highest BCUT2D eigenvalue weighted by molar-refractivity contribution is 5.85. The summed E-state index contributed by atoms with van der Waals surface area (Å²) in [6.07, 6.45) is 2.37. The number of hydrogen-bond acceptors (Lipinski definition) is 3. The number of unbranched alkanes of at least 4 members (excludes halogenated alkanes) is 1. The van der Waals surface area contributed by atoms with E-state index in [4.69, 9.17) is 4.74 Å². The maximum absolute atomic E-state index is 11.8. The lowest BCUT2D eigenvalue weighted by Gasteiger charge is -2.16. The van der Waals surface area contributed by atoms with Crippen LogP contribution in [0.25, 0.3) is 0 Å². The summed E-state index contributed by atoms with van der Waals surface area (Å²) >= 11 is 0. The maximum Gasteiger partial charge on any atom is 0.222 e. The van der Waals surface area contributed by atoms with Gasteiger partial charge in [0.15, 0.2) is 0 Å². The van der Waals surface area contributed by atoms with Gasteiger partial charge in [0.05, 0.1) is 6.61 Å². The molecule has 0 saturated carbocycles. The number of likely N-dealkylation sites (N-methyl/N-ethyl adjacent to an activating group) is 2. The van der Waals surface area contributed by atoms with E-state index in [1.807, 2.05) is 45.3 Å². The SMILES string of the molecule is CNCCN(C)C(=O)CCCCOc1cccc(C)c1.Cl. The van der Waals surface area contributed by atoms with Crippen molar-refractivity contribution >= 4 is 18.3 Å². The standard InChI is InChI=1S/C16H26N2O2.ClH/c1-14-7-6-8-15(13-14)20-12-5-4-9-16(19)18(3)11-10-17-2;/h6-8,13,17H,4-5,9-12H2,1-3H3;1H. The van der Waals surface area contributed by atoms with Gasteiger partial charge in [0.2, 0.25) is 5.91 Å². The second-order valence-electron chi connectivity index (χ2n) is 5.04. The van der Waals surface area contributed by atoms with Crippen molar-refractivity contribution in [3.05, 3.63) is 29.8 Å². The quantitative estimate of drug-likeness (QED) is 0.712. The lowest BCUT2D eigenvalue weighted by atomic mass is 10.2. The van der Waals surface area contributed by atoms with Gasteiger partial charge in [-0.2, -0.15) is 0 Å². The molecule has 1 amide bonds. The Morgan fingerprint density at radius 3 is 2.76 bits per heavy atom. The predicted octanol–water partition coefficient (Wildman–Crippen LogP) is 2.64. The van der Waals surface area contributed by atoms with Gasteiger partial charge < -0.3 is 15.0 Å². The van der Waals surface area contributed by atoms with Gasteiger partial charge >= 0.3 is 0 Å². The average Bonchev–Trinajstić information content (AvgIpc) is 2.44. The number of halogens is 1. The van der Waals surface area contributed by atoms with Crippen LogP contribution >= 0.6 is 12.4 Å². The Labute approximate surface area is 134 Å². The molecule has 0 fully saturated rings. The zero-order valence-electron chi connectivity index (χ0n) is 13.2. The van der Waals surface area contributed by atoms with Crippen LogP contribution in [0.3, 0.4) is 0 Å². The van der Waals surface area contributed by atoms with Crippen molar-refractivity contribution in [2.45, 2.75) is 26.2 Å². The molecule has 0 aliphatic rings. The number of carbonyl (C=O) groups excluding carboxylic acids is 1. The summed E-state index contributed by atoms with van der Waals surface area (Å²) in [5, 5.41) is 3.04. The van der Waals surface area contributed by atoms with Gasteiger partial charge in [-0.1, -0.05) is 12.1 Å². The van der Waals surface area contributed by atoms with Crippen molar-refractivity contribution in [2.24, 2.45) is 0 Å². The zero-order chi connectivity index (χ0) is 14.8. The van der Waals surface area contributed by atoms with E-state index in [-0.39, 0.29) is 18.3 Å². The summed E-state index contributed by atoms with van der Waals surface area (Å²) < 4.78 is 5.66. The normalized spacial score (nSPS) is 9.86. The Morgan fingerprint density at radius 2 is 2.10 bits per heavy atom. The van der Waals surface area contributed by atoms with Crippen LogP contribution in [0.15, 0.2) is 24.3 Å². The summed E-state index contributed by atoms with van der Waals surface area (Å²) in [4.78, 5) is 13.6. The molecule has 120 valence electrons. The third kappa shape index (κ3) is 8.58. The van der Waals surface area contributed by atoms with Crippen LogP contribution in [-0.2, 0) is 4.79 Å². The van der Waals surface area contributed by atoms with Crippen molar-refractivity contribution in [3.63, 3.8) is 0 Å². The van der Waals surface area contributed by atoms with E-state index < -0.39 is 0 Å². The zero-order valence-corrected chi connectivity index (χ0v) is 14.0. The number of ether oxygens (including phenoxy) is 1. The predicted molar refractivity (Wildman–Crippen MR) is 89.3 cm³/mol. The van der Waals surface area contributed by atoms with Crippen molar-refractivity contribution in [1.82, 2.24) is 10.2 Å². The van der Waals surface area contributed by atoms with Crippen molar-refractivity contribution < 1.29 is 9.53 Å². The first kappa shape index (κ1) is 19.7. The molecule has 0 aromatic heterocycles. The molecular formula is C16H27ClN2O2. The average molecular weight is 315 g/mol. The summed E-state index contributed by atoms with van der Waals surface area (Å²) in [5.41, 5.74) is 1.20. The van der Waals surface area contributed by atoms with E-state index >= 15 is 0 Å². The minimum absolute atomic E-state index is 0. The molecule has 0 unspecified atom stereocenters. The number of nitrogens with one attached hydrogen (secondary N) is 1. The molecule has 5 heteroatoms. The highest BCUT2D eigenvalue weighted by Crippen LogP contribution is 2.13. The number of aryl methyl sites for hydroxylation is 1. The van der Waals surface area contributed by atoms with Gasteiger partial charge in [0.25, 0.3) is 0 Å². The second-order valence-corrected chi connectivity index (χ2v) is 5.04. The molecule has 1 aromatic carbocycles. The van der Waals surface area contributed by atoms with E-state index in [1.165, 1.54) is 5.56 Å². The third-order valence-electron chi connectivity index (χ3n) is 3.17. The van der Waals surface area contributed by atoms with Crippen LogP contribution in [0.1, 0.15) is 24.8 Å². The number of nitrogens with zero attached hydrogens (tertiary/aromatic N) is 1. The first-order valence-corrected chi connectivity index (χ1v) is 7.21. The molecule has 4 nitrogen and oxygen atoms in total. The minimum Gasteiger partial charge on any atom is -0.494 e. The highest BCUT2D eigenvalue weighted by Gasteiger charge is 2.07. The maximum atomic E-state index is 11.8. The minimum atomic E-state index is 0. The Hall–Kier alpha value is -1.26. The van der Waals surface area contributed by atoms with Gasteiger partial charge in [-0.25, -0.2) is 0 Å². The highest BCUT2D eigenvalue weighted by atomic mass is 35.5. The molecule has 0 aliphatic heterocycles. The van der Waals surface area contributed by atoms with Gasteiger partial charge in [-0.15, -0.1) is 12.4 Å². The molecule has 0 atom stereocenters. The molecule has 0 bridgehead atoms. The Balaban J connectivity index is 0.00000400. The fourth-order valence-electron chi connectivity index (χ4n) is 1.87. The topological polar surface area (TPSA) is 41.6 Å². The fourth-order valence-corrected chi connectivity index (χ4v) is 1.87. The van der Waals surface area contributed by atoms with Crippen molar-refractivity contribution in [2.75, 3.05) is 33.8 Å². The van der Waals surface area contributed by atoms with Crippen LogP contribution in [0.2, 0.25) is 0 Å². The Bertz CT molecular complexity index is 413. The fraction of sp³-hybridized carbons (Fsp3) is 0.562. The molecule has 1 aromatic rings. The number of benzene rings is 1. The van der Waals surface area contributed by atoms with E-state index in [9.17, 15) is 4.79 Å². The van der Waals surface area contributed by atoms with E-state index in [2.05, 4.69) is 5.32 Å².